The Kier molecular flexibility index (Phi) is 3.91. The first-order valence-electron chi connectivity index (χ1n) is 6.12. The first-order valence-corrected chi connectivity index (χ1v) is 7.00. The van der Waals surface area contributed by atoms with Gasteiger partial charge in [-0.15, -0.1) is 0 Å². The Hall–Kier alpha value is -1.80. The average molecular weight is 273 g/mol. The third-order valence-corrected chi connectivity index (χ3v) is 3.71. The number of aromatic nitrogens is 2. The van der Waals surface area contributed by atoms with Crippen LogP contribution in [0.3, 0.4) is 0 Å². The van der Waals surface area contributed by atoms with Gasteiger partial charge < -0.3 is 0 Å². The SMILES string of the molecule is CC(C#N)Sc1nc2ccccc2c(=O)n1C(C)C. The highest BCUT2D eigenvalue weighted by Gasteiger charge is 2.15. The molecule has 0 N–H and O–H groups in total. The summed E-state index contributed by atoms with van der Waals surface area (Å²) in [5.41, 5.74) is 0.630. The van der Waals surface area contributed by atoms with Gasteiger partial charge >= 0.3 is 0 Å². The van der Waals surface area contributed by atoms with Crippen molar-refractivity contribution in [2.45, 2.75) is 37.2 Å². The number of nitrogens with zero attached hydrogens (tertiary/aromatic N) is 3. The van der Waals surface area contributed by atoms with Gasteiger partial charge in [0.25, 0.3) is 5.56 Å². The van der Waals surface area contributed by atoms with E-state index in [1.165, 1.54) is 11.8 Å². The van der Waals surface area contributed by atoms with E-state index in [9.17, 15) is 4.79 Å². The van der Waals surface area contributed by atoms with E-state index in [-0.39, 0.29) is 16.9 Å². The molecule has 1 aromatic heterocycles. The van der Waals surface area contributed by atoms with Gasteiger partial charge in [-0.05, 0) is 32.9 Å². The normalized spacial score (nSPS) is 12.6. The Morgan fingerprint density at radius 1 is 1.32 bits per heavy atom. The molecule has 98 valence electrons. The van der Waals surface area contributed by atoms with E-state index >= 15 is 0 Å². The molecule has 0 saturated carbocycles. The molecule has 1 atom stereocenters. The predicted octanol–water partition coefficient (Wildman–Crippen LogP) is 2.98. The lowest BCUT2D eigenvalue weighted by Crippen LogP contribution is -2.25. The van der Waals surface area contributed by atoms with Crippen LogP contribution in [-0.4, -0.2) is 14.8 Å². The fraction of sp³-hybridized carbons (Fsp3) is 0.357. The maximum atomic E-state index is 12.5. The van der Waals surface area contributed by atoms with Gasteiger partial charge in [0.15, 0.2) is 5.16 Å². The quantitative estimate of drug-likeness (QED) is 0.637. The Labute approximate surface area is 116 Å². The van der Waals surface area contributed by atoms with Gasteiger partial charge in [-0.1, -0.05) is 23.9 Å². The Balaban J connectivity index is 2.71. The standard InChI is InChI=1S/C14H15N3OS/c1-9(2)17-13(18)11-6-4-5-7-12(11)16-14(17)19-10(3)8-15/h4-7,9-10H,1-3H3. The number of nitriles is 1. The highest BCUT2D eigenvalue weighted by Crippen LogP contribution is 2.24. The van der Waals surface area contributed by atoms with Crippen molar-refractivity contribution in [2.75, 3.05) is 0 Å². The van der Waals surface area contributed by atoms with Crippen molar-refractivity contribution >= 4 is 22.7 Å². The number of fused-ring (bicyclic) bond motifs is 1. The number of rotatable bonds is 3. The fourth-order valence-electron chi connectivity index (χ4n) is 1.85. The molecule has 19 heavy (non-hydrogen) atoms. The van der Waals surface area contributed by atoms with Crippen LogP contribution in [0.25, 0.3) is 10.9 Å². The summed E-state index contributed by atoms with van der Waals surface area (Å²) in [4.78, 5) is 17.0. The Morgan fingerprint density at radius 2 is 2.00 bits per heavy atom. The molecule has 1 aromatic carbocycles. The molecule has 0 fully saturated rings. The highest BCUT2D eigenvalue weighted by atomic mass is 32.2. The second-order valence-electron chi connectivity index (χ2n) is 4.57. The molecular weight excluding hydrogens is 258 g/mol. The molecule has 2 aromatic rings. The average Bonchev–Trinajstić information content (AvgIpc) is 2.38. The zero-order chi connectivity index (χ0) is 14.0. The summed E-state index contributed by atoms with van der Waals surface area (Å²) in [5, 5.41) is 9.90. The third kappa shape index (κ3) is 2.64. The second-order valence-corrected chi connectivity index (χ2v) is 5.88. The van der Waals surface area contributed by atoms with Crippen LogP contribution in [0.2, 0.25) is 0 Å². The highest BCUT2D eigenvalue weighted by molar-refractivity contribution is 8.00. The third-order valence-electron chi connectivity index (χ3n) is 2.76. The van der Waals surface area contributed by atoms with Crippen LogP contribution in [0, 0.1) is 11.3 Å². The first kappa shape index (κ1) is 13.6. The van der Waals surface area contributed by atoms with Gasteiger partial charge in [0.2, 0.25) is 0 Å². The van der Waals surface area contributed by atoms with E-state index in [1.807, 2.05) is 32.0 Å². The molecule has 4 nitrogen and oxygen atoms in total. The van der Waals surface area contributed by atoms with Gasteiger partial charge in [0, 0.05) is 6.04 Å². The van der Waals surface area contributed by atoms with Gasteiger partial charge in [0.1, 0.15) is 0 Å². The molecule has 0 aliphatic heterocycles. The van der Waals surface area contributed by atoms with Crippen LogP contribution in [0.1, 0.15) is 26.8 Å². The van der Waals surface area contributed by atoms with Gasteiger partial charge in [0.05, 0.1) is 22.2 Å². The van der Waals surface area contributed by atoms with Crippen LogP contribution in [0.5, 0.6) is 0 Å². The maximum absolute atomic E-state index is 12.5. The van der Waals surface area contributed by atoms with E-state index in [1.54, 1.807) is 17.6 Å². The van der Waals surface area contributed by atoms with Gasteiger partial charge in [-0.3, -0.25) is 9.36 Å². The Morgan fingerprint density at radius 3 is 2.63 bits per heavy atom. The molecule has 0 saturated heterocycles. The number of hydrogen-bond acceptors (Lipinski definition) is 4. The van der Waals surface area contributed by atoms with Crippen LogP contribution < -0.4 is 5.56 Å². The van der Waals surface area contributed by atoms with Crippen molar-refractivity contribution in [3.8, 4) is 6.07 Å². The van der Waals surface area contributed by atoms with Crippen molar-refractivity contribution in [2.24, 2.45) is 0 Å². The van der Waals surface area contributed by atoms with Crippen molar-refractivity contribution in [1.82, 2.24) is 9.55 Å². The van der Waals surface area contributed by atoms with E-state index in [0.29, 0.717) is 16.1 Å². The molecule has 2 rings (SSSR count). The van der Waals surface area contributed by atoms with Crippen molar-refractivity contribution in [3.63, 3.8) is 0 Å². The lowest BCUT2D eigenvalue weighted by Gasteiger charge is -2.16. The monoisotopic (exact) mass is 273 g/mol. The number of para-hydroxylation sites is 1. The van der Waals surface area contributed by atoms with Crippen molar-refractivity contribution in [3.05, 3.63) is 34.6 Å². The minimum Gasteiger partial charge on any atom is -0.284 e. The van der Waals surface area contributed by atoms with Crippen LogP contribution in [-0.2, 0) is 0 Å². The number of thioether (sulfide) groups is 1. The van der Waals surface area contributed by atoms with Crippen LogP contribution in [0.15, 0.2) is 34.2 Å². The number of hydrogen-bond donors (Lipinski definition) is 0. The van der Waals surface area contributed by atoms with Crippen LogP contribution in [0.4, 0.5) is 0 Å². The second kappa shape index (κ2) is 5.45. The molecule has 0 radical (unpaired) electrons. The molecule has 0 aliphatic carbocycles. The first-order chi connectivity index (χ1) is 9.04. The molecular formula is C14H15N3OS. The summed E-state index contributed by atoms with van der Waals surface area (Å²) in [6.45, 7) is 5.69. The van der Waals surface area contributed by atoms with E-state index in [2.05, 4.69) is 11.1 Å². The predicted molar refractivity (Wildman–Crippen MR) is 77.3 cm³/mol. The van der Waals surface area contributed by atoms with E-state index < -0.39 is 0 Å². The summed E-state index contributed by atoms with van der Waals surface area (Å²) >= 11 is 1.32. The number of benzene rings is 1. The lowest BCUT2D eigenvalue weighted by atomic mass is 10.2. The zero-order valence-electron chi connectivity index (χ0n) is 11.1. The molecule has 1 unspecified atom stereocenters. The summed E-state index contributed by atoms with van der Waals surface area (Å²) in [7, 11) is 0. The minimum atomic E-state index is -0.238. The topological polar surface area (TPSA) is 58.7 Å². The molecule has 0 amide bonds. The summed E-state index contributed by atoms with van der Waals surface area (Å²) in [6, 6.07) is 9.46. The Bertz CT molecular complexity index is 700. The molecule has 0 spiro atoms. The van der Waals surface area contributed by atoms with Crippen molar-refractivity contribution in [1.29, 1.82) is 5.26 Å². The summed E-state index contributed by atoms with van der Waals surface area (Å²) < 4.78 is 1.65. The maximum Gasteiger partial charge on any atom is 0.262 e. The fourth-order valence-corrected chi connectivity index (χ4v) is 2.78. The zero-order valence-corrected chi connectivity index (χ0v) is 11.9. The lowest BCUT2D eigenvalue weighted by molar-refractivity contribution is 0.519. The summed E-state index contributed by atoms with van der Waals surface area (Å²) in [6.07, 6.45) is 0. The van der Waals surface area contributed by atoms with Gasteiger partial charge in [-0.25, -0.2) is 4.98 Å². The largest absolute Gasteiger partial charge is 0.284 e. The smallest absolute Gasteiger partial charge is 0.262 e. The molecule has 0 aliphatic rings. The molecule has 5 heteroatoms. The van der Waals surface area contributed by atoms with E-state index in [4.69, 9.17) is 5.26 Å². The van der Waals surface area contributed by atoms with Gasteiger partial charge in [-0.2, -0.15) is 5.26 Å². The summed E-state index contributed by atoms with van der Waals surface area (Å²) in [5.74, 6) is 0. The van der Waals surface area contributed by atoms with Crippen LogP contribution >= 0.6 is 11.8 Å². The van der Waals surface area contributed by atoms with E-state index in [0.717, 1.165) is 0 Å². The molecule has 0 bridgehead atoms. The molecule has 1 heterocycles. The minimum absolute atomic E-state index is 0.0120. The van der Waals surface area contributed by atoms with Crippen molar-refractivity contribution < 1.29 is 0 Å².